The van der Waals surface area contributed by atoms with Gasteiger partial charge in [0.15, 0.2) is 11.5 Å². The second kappa shape index (κ2) is 5.48. The van der Waals surface area contributed by atoms with Gasteiger partial charge in [-0.3, -0.25) is 4.79 Å². The first kappa shape index (κ1) is 14.1. The molecule has 1 aliphatic rings. The molecule has 0 bridgehead atoms. The maximum atomic E-state index is 12.3. The minimum absolute atomic E-state index is 0.0203. The summed E-state index contributed by atoms with van der Waals surface area (Å²) in [5, 5.41) is 6.20. The number of oxazole rings is 1. The molecule has 1 amide bonds. The number of nitrogens with one attached hydrogen (secondary N) is 2. The van der Waals surface area contributed by atoms with Crippen molar-refractivity contribution in [1.29, 1.82) is 0 Å². The Hall–Kier alpha value is -1.88. The number of hydrogen-bond acceptors (Lipinski definition) is 4. The Labute approximate surface area is 124 Å². The first-order valence-corrected chi connectivity index (χ1v) is 7.49. The van der Waals surface area contributed by atoms with Crippen LogP contribution in [0.2, 0.25) is 0 Å². The summed E-state index contributed by atoms with van der Waals surface area (Å²) in [5.41, 5.74) is 2.30. The maximum Gasteiger partial charge on any atom is 0.241 e. The first-order valence-electron chi connectivity index (χ1n) is 7.49. The van der Waals surface area contributed by atoms with E-state index in [9.17, 15) is 4.79 Å². The molecule has 1 aromatic heterocycles. The molecule has 0 saturated carbocycles. The summed E-state index contributed by atoms with van der Waals surface area (Å²) in [6.45, 7) is 7.08. The molecule has 0 aliphatic carbocycles. The third-order valence-corrected chi connectivity index (χ3v) is 3.98. The summed E-state index contributed by atoms with van der Waals surface area (Å²) in [4.78, 5) is 16.7. The van der Waals surface area contributed by atoms with Gasteiger partial charge < -0.3 is 15.1 Å². The largest absolute Gasteiger partial charge is 0.440 e. The zero-order valence-corrected chi connectivity index (χ0v) is 12.6. The van der Waals surface area contributed by atoms with Gasteiger partial charge in [0.05, 0.1) is 6.04 Å². The highest BCUT2D eigenvalue weighted by Gasteiger charge is 2.29. The van der Waals surface area contributed by atoms with E-state index in [1.165, 1.54) is 0 Å². The van der Waals surface area contributed by atoms with Crippen LogP contribution in [0.15, 0.2) is 22.6 Å². The molecular weight excluding hydrogens is 266 g/mol. The molecule has 112 valence electrons. The normalized spacial score (nSPS) is 22.1. The molecule has 1 fully saturated rings. The molecule has 1 saturated heterocycles. The monoisotopic (exact) mass is 287 g/mol. The highest BCUT2D eigenvalue weighted by molar-refractivity contribution is 5.96. The van der Waals surface area contributed by atoms with Crippen molar-refractivity contribution >= 4 is 22.7 Å². The van der Waals surface area contributed by atoms with E-state index in [-0.39, 0.29) is 17.9 Å². The van der Waals surface area contributed by atoms with Gasteiger partial charge in [0.25, 0.3) is 0 Å². The summed E-state index contributed by atoms with van der Waals surface area (Å²) in [5.74, 6) is 1.36. The Bertz CT molecular complexity index is 663. The second-order valence-corrected chi connectivity index (χ2v) is 6.08. The van der Waals surface area contributed by atoms with E-state index >= 15 is 0 Å². The number of anilines is 1. The van der Waals surface area contributed by atoms with Crippen LogP contribution >= 0.6 is 0 Å². The SMILES string of the molecule is CC(C)c1nc2cc(NC(=O)C3NCCC3C)ccc2o1. The van der Waals surface area contributed by atoms with Gasteiger partial charge in [-0.1, -0.05) is 20.8 Å². The van der Waals surface area contributed by atoms with E-state index in [0.29, 0.717) is 5.92 Å². The topological polar surface area (TPSA) is 67.2 Å². The summed E-state index contributed by atoms with van der Waals surface area (Å²) in [7, 11) is 0. The smallest absolute Gasteiger partial charge is 0.241 e. The molecule has 2 N–H and O–H groups in total. The van der Waals surface area contributed by atoms with E-state index < -0.39 is 0 Å². The summed E-state index contributed by atoms with van der Waals surface area (Å²) < 4.78 is 5.67. The third-order valence-electron chi connectivity index (χ3n) is 3.98. The Morgan fingerprint density at radius 3 is 2.95 bits per heavy atom. The van der Waals surface area contributed by atoms with Crippen molar-refractivity contribution in [3.8, 4) is 0 Å². The molecule has 3 rings (SSSR count). The molecule has 0 radical (unpaired) electrons. The highest BCUT2D eigenvalue weighted by atomic mass is 16.3. The molecule has 1 aliphatic heterocycles. The second-order valence-electron chi connectivity index (χ2n) is 6.08. The molecule has 2 atom stereocenters. The van der Waals surface area contributed by atoms with Crippen molar-refractivity contribution in [2.45, 2.75) is 39.2 Å². The highest BCUT2D eigenvalue weighted by Crippen LogP contribution is 2.24. The Kier molecular flexibility index (Phi) is 3.68. The quantitative estimate of drug-likeness (QED) is 0.911. The van der Waals surface area contributed by atoms with Crippen LogP contribution in [0, 0.1) is 5.92 Å². The third kappa shape index (κ3) is 2.78. The number of fused-ring (bicyclic) bond motifs is 1. The summed E-state index contributed by atoms with van der Waals surface area (Å²) in [6.07, 6.45) is 1.04. The van der Waals surface area contributed by atoms with Gasteiger partial charge in [-0.05, 0) is 37.1 Å². The van der Waals surface area contributed by atoms with Gasteiger partial charge in [0.2, 0.25) is 5.91 Å². The summed E-state index contributed by atoms with van der Waals surface area (Å²) >= 11 is 0. The lowest BCUT2D eigenvalue weighted by Gasteiger charge is -2.15. The van der Waals surface area contributed by atoms with Crippen LogP contribution in [0.4, 0.5) is 5.69 Å². The van der Waals surface area contributed by atoms with Crippen molar-refractivity contribution in [1.82, 2.24) is 10.3 Å². The van der Waals surface area contributed by atoms with Crippen molar-refractivity contribution in [2.75, 3.05) is 11.9 Å². The molecule has 2 heterocycles. The molecule has 0 spiro atoms. The molecule has 2 aromatic rings. The van der Waals surface area contributed by atoms with Crippen molar-refractivity contribution in [3.63, 3.8) is 0 Å². The minimum Gasteiger partial charge on any atom is -0.440 e. The van der Waals surface area contributed by atoms with E-state index in [1.807, 2.05) is 32.0 Å². The van der Waals surface area contributed by atoms with Crippen LogP contribution in [0.3, 0.4) is 0 Å². The van der Waals surface area contributed by atoms with Crippen LogP contribution < -0.4 is 10.6 Å². The molecule has 1 aromatic carbocycles. The average Bonchev–Trinajstić information content (AvgIpc) is 3.04. The van der Waals surface area contributed by atoms with Gasteiger partial charge in [0, 0.05) is 11.6 Å². The van der Waals surface area contributed by atoms with E-state index in [2.05, 4.69) is 22.5 Å². The van der Waals surface area contributed by atoms with Crippen LogP contribution in [0.1, 0.15) is 39.0 Å². The maximum absolute atomic E-state index is 12.3. The number of rotatable bonds is 3. The van der Waals surface area contributed by atoms with Crippen molar-refractivity contribution in [2.24, 2.45) is 5.92 Å². The fourth-order valence-electron chi connectivity index (χ4n) is 2.68. The average molecular weight is 287 g/mol. The lowest BCUT2D eigenvalue weighted by Crippen LogP contribution is -2.39. The molecule has 5 nitrogen and oxygen atoms in total. The number of nitrogens with zero attached hydrogens (tertiary/aromatic N) is 1. The molecular formula is C16H21N3O2. The van der Waals surface area contributed by atoms with Crippen LogP contribution in [0.25, 0.3) is 11.1 Å². The zero-order valence-electron chi connectivity index (χ0n) is 12.6. The van der Waals surface area contributed by atoms with E-state index in [0.717, 1.165) is 35.6 Å². The number of carbonyl (C=O) groups is 1. The van der Waals surface area contributed by atoms with E-state index in [1.54, 1.807) is 0 Å². The van der Waals surface area contributed by atoms with Crippen LogP contribution in [0.5, 0.6) is 0 Å². The summed E-state index contributed by atoms with van der Waals surface area (Å²) in [6, 6.07) is 5.47. The van der Waals surface area contributed by atoms with Crippen LogP contribution in [-0.2, 0) is 4.79 Å². The Morgan fingerprint density at radius 2 is 2.29 bits per heavy atom. The number of carbonyl (C=O) groups excluding carboxylic acids is 1. The van der Waals surface area contributed by atoms with Crippen LogP contribution in [-0.4, -0.2) is 23.5 Å². The fraction of sp³-hybridized carbons (Fsp3) is 0.500. The number of amides is 1. The van der Waals surface area contributed by atoms with Gasteiger partial charge in [-0.15, -0.1) is 0 Å². The lowest BCUT2D eigenvalue weighted by molar-refractivity contribution is -0.118. The molecule has 5 heteroatoms. The number of aromatic nitrogens is 1. The van der Waals surface area contributed by atoms with E-state index in [4.69, 9.17) is 4.42 Å². The zero-order chi connectivity index (χ0) is 15.0. The predicted molar refractivity (Wildman–Crippen MR) is 82.3 cm³/mol. The van der Waals surface area contributed by atoms with Gasteiger partial charge in [-0.25, -0.2) is 4.98 Å². The lowest BCUT2D eigenvalue weighted by atomic mass is 10.0. The number of benzene rings is 1. The van der Waals surface area contributed by atoms with Gasteiger partial charge in [0.1, 0.15) is 5.52 Å². The molecule has 21 heavy (non-hydrogen) atoms. The van der Waals surface area contributed by atoms with Crippen molar-refractivity contribution < 1.29 is 9.21 Å². The first-order chi connectivity index (χ1) is 10.0. The van der Waals surface area contributed by atoms with Gasteiger partial charge in [-0.2, -0.15) is 0 Å². The Morgan fingerprint density at radius 1 is 1.48 bits per heavy atom. The number of hydrogen-bond donors (Lipinski definition) is 2. The van der Waals surface area contributed by atoms with Gasteiger partial charge >= 0.3 is 0 Å². The Balaban J connectivity index is 1.79. The standard InChI is InChI=1S/C16H21N3O2/c1-9(2)16-19-12-8-11(4-5-13(12)21-16)18-15(20)14-10(3)6-7-17-14/h4-5,8-10,14,17H,6-7H2,1-3H3,(H,18,20). The fourth-order valence-corrected chi connectivity index (χ4v) is 2.68. The predicted octanol–water partition coefficient (Wildman–Crippen LogP) is 2.89. The molecule has 2 unspecified atom stereocenters. The van der Waals surface area contributed by atoms with Crippen molar-refractivity contribution in [3.05, 3.63) is 24.1 Å². The minimum atomic E-state index is -0.107.